The number of aliphatic hydroxyl groups is 1. The number of aromatic nitrogens is 4. The van der Waals surface area contributed by atoms with E-state index in [1.54, 1.807) is 23.3 Å². The molecule has 0 aliphatic heterocycles. The van der Waals surface area contributed by atoms with Gasteiger partial charge in [0.15, 0.2) is 11.9 Å². The van der Waals surface area contributed by atoms with E-state index in [0.29, 0.717) is 18.1 Å². The van der Waals surface area contributed by atoms with Crippen LogP contribution in [0.4, 0.5) is 0 Å². The third-order valence-corrected chi connectivity index (χ3v) is 3.05. The van der Waals surface area contributed by atoms with Crippen molar-refractivity contribution in [1.29, 1.82) is 0 Å². The Kier molecular flexibility index (Phi) is 3.54. The molecule has 0 aliphatic carbocycles. The summed E-state index contributed by atoms with van der Waals surface area (Å²) < 4.78 is 2.48. The lowest BCUT2D eigenvalue weighted by molar-refractivity contribution is 0.197. The normalized spacial score (nSPS) is 12.7. The molecule has 0 spiro atoms. The lowest BCUT2D eigenvalue weighted by atomic mass is 10.2. The molecule has 0 aliphatic rings. The van der Waals surface area contributed by atoms with Crippen LogP contribution >= 0.6 is 15.9 Å². The average Bonchev–Trinajstić information content (AvgIpc) is 2.70. The van der Waals surface area contributed by atoms with E-state index in [0.717, 1.165) is 10.0 Å². The third-order valence-electron chi connectivity index (χ3n) is 2.44. The second kappa shape index (κ2) is 4.93. The molecule has 90 valence electrons. The maximum Gasteiger partial charge on any atom is 0.163 e. The van der Waals surface area contributed by atoms with Crippen molar-refractivity contribution in [1.82, 2.24) is 19.7 Å². The fraction of sp³-hybridized carbons (Fsp3) is 0.364. The van der Waals surface area contributed by atoms with Crippen LogP contribution in [0.3, 0.4) is 0 Å². The van der Waals surface area contributed by atoms with E-state index in [9.17, 15) is 5.11 Å². The predicted octanol–water partition coefficient (Wildman–Crippen LogP) is 1.85. The number of halogens is 1. The average molecular weight is 297 g/mol. The molecule has 1 atom stereocenters. The monoisotopic (exact) mass is 296 g/mol. The van der Waals surface area contributed by atoms with Crippen LogP contribution in [0.5, 0.6) is 0 Å². The smallest absolute Gasteiger partial charge is 0.163 e. The number of hydrogen-bond donors (Lipinski definition) is 1. The van der Waals surface area contributed by atoms with Gasteiger partial charge < -0.3 is 5.11 Å². The predicted molar refractivity (Wildman–Crippen MR) is 66.4 cm³/mol. The van der Waals surface area contributed by atoms with Crippen molar-refractivity contribution >= 4 is 15.9 Å². The summed E-state index contributed by atoms with van der Waals surface area (Å²) in [6, 6.07) is 0. The largest absolute Gasteiger partial charge is 0.379 e. The SMILES string of the molecule is CCn1ncc(Br)c1C(O)c1ncc(C)cn1. The van der Waals surface area contributed by atoms with Crippen LogP contribution in [0.1, 0.15) is 30.1 Å². The van der Waals surface area contributed by atoms with Crippen LogP contribution in [0.25, 0.3) is 0 Å². The topological polar surface area (TPSA) is 63.8 Å². The van der Waals surface area contributed by atoms with Gasteiger partial charge >= 0.3 is 0 Å². The van der Waals surface area contributed by atoms with Gasteiger partial charge in [0.25, 0.3) is 0 Å². The molecule has 2 aromatic heterocycles. The molecule has 2 heterocycles. The van der Waals surface area contributed by atoms with Crippen molar-refractivity contribution in [3.8, 4) is 0 Å². The van der Waals surface area contributed by atoms with Crippen LogP contribution in [0, 0.1) is 6.92 Å². The highest BCUT2D eigenvalue weighted by Crippen LogP contribution is 2.26. The Bertz CT molecular complexity index is 509. The molecule has 0 aromatic carbocycles. The molecule has 2 aromatic rings. The molecule has 0 bridgehead atoms. The minimum Gasteiger partial charge on any atom is -0.379 e. The van der Waals surface area contributed by atoms with E-state index in [-0.39, 0.29) is 0 Å². The second-order valence-corrected chi connectivity index (χ2v) is 4.57. The summed E-state index contributed by atoms with van der Waals surface area (Å²) in [5.74, 6) is 0.381. The number of hydrogen-bond acceptors (Lipinski definition) is 4. The zero-order valence-electron chi connectivity index (χ0n) is 9.63. The molecule has 0 saturated carbocycles. The number of aryl methyl sites for hydroxylation is 2. The van der Waals surface area contributed by atoms with E-state index in [2.05, 4.69) is 31.0 Å². The molecular formula is C11H13BrN4O. The van der Waals surface area contributed by atoms with Gasteiger partial charge in [0, 0.05) is 18.9 Å². The van der Waals surface area contributed by atoms with Gasteiger partial charge in [-0.2, -0.15) is 5.10 Å². The van der Waals surface area contributed by atoms with E-state index < -0.39 is 6.10 Å². The first-order valence-corrected chi connectivity index (χ1v) is 6.10. The quantitative estimate of drug-likeness (QED) is 0.939. The lowest BCUT2D eigenvalue weighted by Crippen LogP contribution is -2.12. The van der Waals surface area contributed by atoms with Crippen LogP contribution in [0.2, 0.25) is 0 Å². The maximum absolute atomic E-state index is 10.2. The molecular weight excluding hydrogens is 284 g/mol. The molecule has 2 rings (SSSR count). The summed E-state index contributed by atoms with van der Waals surface area (Å²) in [6.45, 7) is 4.55. The van der Waals surface area contributed by atoms with Crippen molar-refractivity contribution in [2.24, 2.45) is 0 Å². The van der Waals surface area contributed by atoms with E-state index in [1.165, 1.54) is 0 Å². The Morgan fingerprint density at radius 2 is 2.00 bits per heavy atom. The van der Waals surface area contributed by atoms with Crippen LogP contribution in [-0.4, -0.2) is 24.9 Å². The fourth-order valence-corrected chi connectivity index (χ4v) is 2.07. The Morgan fingerprint density at radius 1 is 1.35 bits per heavy atom. The highest BCUT2D eigenvalue weighted by atomic mass is 79.9. The molecule has 1 unspecified atom stereocenters. The van der Waals surface area contributed by atoms with Gasteiger partial charge in [0.1, 0.15) is 0 Å². The van der Waals surface area contributed by atoms with Crippen molar-refractivity contribution < 1.29 is 5.11 Å². The number of aliphatic hydroxyl groups excluding tert-OH is 1. The standard InChI is InChI=1S/C11H13BrN4O/c1-3-16-9(8(12)6-15-16)10(17)11-13-4-7(2)5-14-11/h4-6,10,17H,3H2,1-2H3. The van der Waals surface area contributed by atoms with Gasteiger partial charge in [0.2, 0.25) is 0 Å². The summed E-state index contributed by atoms with van der Waals surface area (Å²) in [5.41, 5.74) is 1.64. The van der Waals surface area contributed by atoms with Gasteiger partial charge in [-0.1, -0.05) is 0 Å². The summed E-state index contributed by atoms with van der Waals surface area (Å²) in [5, 5.41) is 14.4. The van der Waals surface area contributed by atoms with Crippen molar-refractivity contribution in [3.63, 3.8) is 0 Å². The number of nitrogens with zero attached hydrogens (tertiary/aromatic N) is 4. The molecule has 0 amide bonds. The minimum atomic E-state index is -0.868. The van der Waals surface area contributed by atoms with Crippen LogP contribution in [0.15, 0.2) is 23.1 Å². The number of rotatable bonds is 3. The summed E-state index contributed by atoms with van der Waals surface area (Å²) >= 11 is 3.37. The highest BCUT2D eigenvalue weighted by molar-refractivity contribution is 9.10. The van der Waals surface area contributed by atoms with Crippen LogP contribution < -0.4 is 0 Å². The Balaban J connectivity index is 2.39. The first kappa shape index (κ1) is 12.2. The first-order chi connectivity index (χ1) is 8.13. The van der Waals surface area contributed by atoms with Gasteiger partial charge in [-0.25, -0.2) is 9.97 Å². The highest BCUT2D eigenvalue weighted by Gasteiger charge is 2.21. The summed E-state index contributed by atoms with van der Waals surface area (Å²) in [7, 11) is 0. The Morgan fingerprint density at radius 3 is 2.59 bits per heavy atom. The van der Waals surface area contributed by atoms with Gasteiger partial charge in [-0.05, 0) is 35.3 Å². The molecule has 0 fully saturated rings. The van der Waals surface area contributed by atoms with Crippen molar-refractivity contribution in [3.05, 3.63) is 40.1 Å². The van der Waals surface area contributed by atoms with E-state index in [1.807, 2.05) is 13.8 Å². The summed E-state index contributed by atoms with van der Waals surface area (Å²) in [4.78, 5) is 8.26. The molecule has 17 heavy (non-hydrogen) atoms. The third kappa shape index (κ3) is 2.37. The zero-order chi connectivity index (χ0) is 12.4. The maximum atomic E-state index is 10.2. The van der Waals surface area contributed by atoms with E-state index >= 15 is 0 Å². The Hall–Kier alpha value is -1.27. The lowest BCUT2D eigenvalue weighted by Gasteiger charge is -2.11. The minimum absolute atomic E-state index is 0.381. The van der Waals surface area contributed by atoms with Crippen molar-refractivity contribution in [2.45, 2.75) is 26.5 Å². The van der Waals surface area contributed by atoms with E-state index in [4.69, 9.17) is 0 Å². The van der Waals surface area contributed by atoms with Crippen molar-refractivity contribution in [2.75, 3.05) is 0 Å². The zero-order valence-corrected chi connectivity index (χ0v) is 11.2. The van der Waals surface area contributed by atoms with Crippen LogP contribution in [-0.2, 0) is 6.54 Å². The van der Waals surface area contributed by atoms with Gasteiger partial charge in [-0.3, -0.25) is 4.68 Å². The molecule has 5 nitrogen and oxygen atoms in total. The summed E-state index contributed by atoms with van der Waals surface area (Å²) in [6.07, 6.45) is 4.17. The fourth-order valence-electron chi connectivity index (χ4n) is 1.56. The van der Waals surface area contributed by atoms with Gasteiger partial charge in [-0.15, -0.1) is 0 Å². The molecule has 6 heteroatoms. The van der Waals surface area contributed by atoms with Gasteiger partial charge in [0.05, 0.1) is 16.4 Å². The molecule has 0 saturated heterocycles. The molecule has 1 N–H and O–H groups in total. The second-order valence-electron chi connectivity index (χ2n) is 3.71. The Labute approximate surface area is 108 Å². The first-order valence-electron chi connectivity index (χ1n) is 5.31. The molecule has 0 radical (unpaired) electrons.